The highest BCUT2D eigenvalue weighted by atomic mass is 35.5. The third-order valence-corrected chi connectivity index (χ3v) is 4.96. The Morgan fingerprint density at radius 1 is 0.846 bits per heavy atom. The second-order valence-corrected chi connectivity index (χ2v) is 6.80. The van der Waals surface area contributed by atoms with Gasteiger partial charge in [0.25, 0.3) is 11.8 Å². The van der Waals surface area contributed by atoms with Crippen molar-refractivity contribution < 1.29 is 9.59 Å². The van der Waals surface area contributed by atoms with E-state index in [9.17, 15) is 9.59 Å². The monoisotopic (exact) mass is 367 g/mol. The third-order valence-electron chi connectivity index (χ3n) is 4.71. The predicted octanol–water partition coefficient (Wildman–Crippen LogP) is 3.42. The second-order valence-electron chi connectivity index (χ2n) is 6.36. The zero-order chi connectivity index (χ0) is 18.1. The second kappa shape index (κ2) is 6.84. The van der Waals surface area contributed by atoms with Crippen molar-refractivity contribution in [2.75, 3.05) is 26.2 Å². The van der Waals surface area contributed by atoms with Crippen molar-refractivity contribution >= 4 is 34.3 Å². The molecule has 1 N–H and O–H groups in total. The Balaban J connectivity index is 1.42. The van der Waals surface area contributed by atoms with Gasteiger partial charge in [-0.1, -0.05) is 29.8 Å². The van der Waals surface area contributed by atoms with Crippen LogP contribution in [0.4, 0.5) is 0 Å². The average molecular weight is 368 g/mol. The molecule has 0 radical (unpaired) electrons. The molecule has 0 spiro atoms. The maximum atomic E-state index is 12.7. The molecule has 2 heterocycles. The maximum Gasteiger partial charge on any atom is 0.270 e. The van der Waals surface area contributed by atoms with Gasteiger partial charge in [0, 0.05) is 47.7 Å². The van der Waals surface area contributed by atoms with Gasteiger partial charge in [-0.15, -0.1) is 0 Å². The van der Waals surface area contributed by atoms with Gasteiger partial charge in [0.15, 0.2) is 0 Å². The van der Waals surface area contributed by atoms with Crippen molar-refractivity contribution in [2.24, 2.45) is 0 Å². The fraction of sp³-hybridized carbons (Fsp3) is 0.200. The van der Waals surface area contributed by atoms with E-state index in [-0.39, 0.29) is 11.8 Å². The van der Waals surface area contributed by atoms with Crippen molar-refractivity contribution in [3.63, 3.8) is 0 Å². The highest BCUT2D eigenvalue weighted by Gasteiger charge is 2.26. The Morgan fingerprint density at radius 3 is 2.12 bits per heavy atom. The summed E-state index contributed by atoms with van der Waals surface area (Å²) in [7, 11) is 0. The summed E-state index contributed by atoms with van der Waals surface area (Å²) < 4.78 is 0. The molecule has 0 saturated carbocycles. The van der Waals surface area contributed by atoms with Gasteiger partial charge in [-0.25, -0.2) is 0 Å². The van der Waals surface area contributed by atoms with Gasteiger partial charge in [0.05, 0.1) is 0 Å². The highest BCUT2D eigenvalue weighted by molar-refractivity contribution is 6.30. The number of carbonyl (C=O) groups is 2. The number of fused-ring (bicyclic) bond motifs is 1. The van der Waals surface area contributed by atoms with E-state index in [0.717, 1.165) is 10.9 Å². The van der Waals surface area contributed by atoms with Crippen LogP contribution in [-0.2, 0) is 0 Å². The molecular weight excluding hydrogens is 350 g/mol. The minimum Gasteiger partial charge on any atom is -0.351 e. The lowest BCUT2D eigenvalue weighted by molar-refractivity contribution is 0.0533. The zero-order valence-corrected chi connectivity index (χ0v) is 14.9. The highest BCUT2D eigenvalue weighted by Crippen LogP contribution is 2.18. The molecule has 1 saturated heterocycles. The first-order valence-corrected chi connectivity index (χ1v) is 8.91. The van der Waals surface area contributed by atoms with E-state index < -0.39 is 0 Å². The number of hydrogen-bond donors (Lipinski definition) is 1. The Hall–Kier alpha value is -2.79. The summed E-state index contributed by atoms with van der Waals surface area (Å²) in [5.41, 5.74) is 2.15. The summed E-state index contributed by atoms with van der Waals surface area (Å²) in [5, 5.41) is 1.63. The Bertz CT molecular complexity index is 924. The van der Waals surface area contributed by atoms with Crippen LogP contribution in [-0.4, -0.2) is 52.8 Å². The number of aromatic amines is 1. The number of aromatic nitrogens is 1. The van der Waals surface area contributed by atoms with Crippen LogP contribution < -0.4 is 0 Å². The summed E-state index contributed by atoms with van der Waals surface area (Å²) >= 11 is 5.87. The minimum absolute atomic E-state index is 0.0280. The van der Waals surface area contributed by atoms with E-state index in [4.69, 9.17) is 11.6 Å². The quantitative estimate of drug-likeness (QED) is 0.754. The number of H-pyrrole nitrogens is 1. The lowest BCUT2D eigenvalue weighted by Crippen LogP contribution is -2.50. The minimum atomic E-state index is -0.0284. The number of carbonyl (C=O) groups excluding carboxylic acids is 2. The summed E-state index contributed by atoms with van der Waals surface area (Å²) in [6, 6.07) is 16.6. The molecule has 1 aliphatic heterocycles. The lowest BCUT2D eigenvalue weighted by Gasteiger charge is -2.34. The Morgan fingerprint density at radius 2 is 1.46 bits per heavy atom. The number of amides is 2. The lowest BCUT2D eigenvalue weighted by atomic mass is 10.2. The first-order chi connectivity index (χ1) is 12.6. The van der Waals surface area contributed by atoms with Gasteiger partial charge in [0.2, 0.25) is 0 Å². The molecule has 132 valence electrons. The van der Waals surface area contributed by atoms with Crippen molar-refractivity contribution in [3.05, 3.63) is 70.9 Å². The topological polar surface area (TPSA) is 56.4 Å². The summed E-state index contributed by atoms with van der Waals surface area (Å²) in [6.07, 6.45) is 0. The molecule has 1 aromatic heterocycles. The van der Waals surface area contributed by atoms with Crippen molar-refractivity contribution in [2.45, 2.75) is 0 Å². The predicted molar refractivity (Wildman–Crippen MR) is 102 cm³/mol. The van der Waals surface area contributed by atoms with E-state index in [2.05, 4.69) is 4.98 Å². The molecule has 0 aliphatic carbocycles. The summed E-state index contributed by atoms with van der Waals surface area (Å²) in [4.78, 5) is 32.0. The molecule has 1 aliphatic rings. The normalized spacial score (nSPS) is 14.7. The van der Waals surface area contributed by atoms with Crippen LogP contribution in [0.5, 0.6) is 0 Å². The largest absolute Gasteiger partial charge is 0.351 e. The molecule has 2 aromatic carbocycles. The molecule has 0 unspecified atom stereocenters. The first kappa shape index (κ1) is 16.7. The molecule has 2 amide bonds. The number of benzene rings is 2. The van der Waals surface area contributed by atoms with Crippen LogP contribution in [0, 0.1) is 0 Å². The average Bonchev–Trinajstić information content (AvgIpc) is 3.12. The molecule has 0 atom stereocenters. The molecule has 0 bridgehead atoms. The number of piperazine rings is 1. The smallest absolute Gasteiger partial charge is 0.270 e. The fourth-order valence-corrected chi connectivity index (χ4v) is 3.37. The van der Waals surface area contributed by atoms with E-state index >= 15 is 0 Å². The van der Waals surface area contributed by atoms with Crippen LogP contribution in [0.1, 0.15) is 20.8 Å². The number of halogens is 1. The van der Waals surface area contributed by atoms with Crippen LogP contribution in [0.2, 0.25) is 5.02 Å². The van der Waals surface area contributed by atoms with Crippen LogP contribution in [0.15, 0.2) is 54.6 Å². The third kappa shape index (κ3) is 3.18. The molecule has 26 heavy (non-hydrogen) atoms. The molecule has 3 aromatic rings. The zero-order valence-electron chi connectivity index (χ0n) is 14.1. The number of para-hydroxylation sites is 1. The number of hydrogen-bond acceptors (Lipinski definition) is 2. The molecule has 5 nitrogen and oxygen atoms in total. The van der Waals surface area contributed by atoms with Gasteiger partial charge >= 0.3 is 0 Å². The van der Waals surface area contributed by atoms with Gasteiger partial charge in [-0.05, 0) is 36.4 Å². The first-order valence-electron chi connectivity index (χ1n) is 8.54. The van der Waals surface area contributed by atoms with E-state index in [0.29, 0.717) is 42.5 Å². The standard InChI is InChI=1S/C20H18ClN3O2/c21-16-7-5-14(6-8-16)19(25)23-9-11-24(12-10-23)20(26)18-13-15-3-1-2-4-17(15)22-18/h1-8,13,22H,9-12H2. The summed E-state index contributed by atoms with van der Waals surface area (Å²) in [6.45, 7) is 2.09. The van der Waals surface area contributed by atoms with Gasteiger partial charge < -0.3 is 14.8 Å². The van der Waals surface area contributed by atoms with Gasteiger partial charge in [0.1, 0.15) is 5.69 Å². The van der Waals surface area contributed by atoms with Gasteiger partial charge in [-0.2, -0.15) is 0 Å². The van der Waals surface area contributed by atoms with Crippen LogP contribution in [0.25, 0.3) is 10.9 Å². The fourth-order valence-electron chi connectivity index (χ4n) is 3.25. The molecule has 4 rings (SSSR count). The molecular formula is C20H18ClN3O2. The van der Waals surface area contributed by atoms with E-state index in [1.807, 2.05) is 30.3 Å². The Kier molecular flexibility index (Phi) is 4.39. The van der Waals surface area contributed by atoms with E-state index in [1.165, 1.54) is 0 Å². The molecule has 6 heteroatoms. The SMILES string of the molecule is O=C(c1ccc(Cl)cc1)N1CCN(C(=O)c2cc3ccccc3[nH]2)CC1. The maximum absolute atomic E-state index is 12.7. The Labute approximate surface area is 156 Å². The van der Waals surface area contributed by atoms with Crippen LogP contribution in [0.3, 0.4) is 0 Å². The number of nitrogens with one attached hydrogen (secondary N) is 1. The van der Waals surface area contributed by atoms with E-state index in [1.54, 1.807) is 34.1 Å². The van der Waals surface area contributed by atoms with Crippen molar-refractivity contribution in [3.8, 4) is 0 Å². The van der Waals surface area contributed by atoms with Crippen molar-refractivity contribution in [1.82, 2.24) is 14.8 Å². The molecule has 1 fully saturated rings. The summed E-state index contributed by atoms with van der Waals surface area (Å²) in [5.74, 6) is -0.0563. The van der Waals surface area contributed by atoms with Gasteiger partial charge in [-0.3, -0.25) is 9.59 Å². The van der Waals surface area contributed by atoms with Crippen LogP contribution >= 0.6 is 11.6 Å². The van der Waals surface area contributed by atoms with Crippen molar-refractivity contribution in [1.29, 1.82) is 0 Å². The number of nitrogens with zero attached hydrogens (tertiary/aromatic N) is 2. The number of rotatable bonds is 2.